The molecule has 0 aromatic carbocycles. The van der Waals surface area contributed by atoms with Crippen molar-refractivity contribution in [1.82, 2.24) is 10.6 Å². The van der Waals surface area contributed by atoms with Crippen LogP contribution in [0.25, 0.3) is 0 Å². The van der Waals surface area contributed by atoms with Gasteiger partial charge >= 0.3 is 5.97 Å². The van der Waals surface area contributed by atoms with Gasteiger partial charge in [0, 0.05) is 18.0 Å². The smallest absolute Gasteiger partial charge is 0.308 e. The number of hydrogen-bond acceptors (Lipinski definition) is 3. The lowest BCUT2D eigenvalue weighted by atomic mass is 9.91. The average molecular weight is 254 g/mol. The van der Waals surface area contributed by atoms with Gasteiger partial charge in [-0.3, -0.25) is 9.59 Å². The van der Waals surface area contributed by atoms with Gasteiger partial charge in [0.25, 0.3) is 0 Å². The highest BCUT2D eigenvalue weighted by Crippen LogP contribution is 2.27. The van der Waals surface area contributed by atoms with Gasteiger partial charge in [-0.15, -0.1) is 0 Å². The largest absolute Gasteiger partial charge is 0.481 e. The van der Waals surface area contributed by atoms with Crippen LogP contribution in [0.5, 0.6) is 0 Å². The van der Waals surface area contributed by atoms with Crippen molar-refractivity contribution in [3.63, 3.8) is 0 Å². The first-order valence-electron chi connectivity index (χ1n) is 6.84. The Hall–Kier alpha value is -1.10. The molecular weight excluding hydrogens is 232 g/mol. The number of carbonyl (C=O) groups excluding carboxylic acids is 1. The minimum Gasteiger partial charge on any atom is -0.481 e. The molecule has 1 aliphatic carbocycles. The number of hydrogen-bond donors (Lipinski definition) is 3. The van der Waals surface area contributed by atoms with Crippen molar-refractivity contribution in [3.8, 4) is 0 Å². The summed E-state index contributed by atoms with van der Waals surface area (Å²) < 4.78 is 0. The Bertz CT molecular complexity index is 332. The van der Waals surface area contributed by atoms with E-state index in [-0.39, 0.29) is 17.9 Å². The zero-order valence-electron chi connectivity index (χ0n) is 10.8. The normalized spacial score (nSPS) is 36.3. The second-order valence-corrected chi connectivity index (χ2v) is 5.57. The van der Waals surface area contributed by atoms with Crippen LogP contribution in [-0.2, 0) is 9.59 Å². The van der Waals surface area contributed by atoms with E-state index in [2.05, 4.69) is 17.6 Å². The van der Waals surface area contributed by atoms with Crippen LogP contribution in [0.15, 0.2) is 0 Å². The summed E-state index contributed by atoms with van der Waals surface area (Å²) in [5.74, 6) is -1.10. The molecule has 0 spiro atoms. The van der Waals surface area contributed by atoms with Gasteiger partial charge in [-0.1, -0.05) is 6.42 Å². The SMILES string of the molecule is CC1CC(C(=O)NC2CCCC2C(=O)O)CCN1. The molecule has 102 valence electrons. The van der Waals surface area contributed by atoms with Crippen molar-refractivity contribution in [1.29, 1.82) is 0 Å². The van der Waals surface area contributed by atoms with E-state index in [0.29, 0.717) is 12.5 Å². The maximum absolute atomic E-state index is 12.1. The molecule has 2 aliphatic rings. The fraction of sp³-hybridized carbons (Fsp3) is 0.846. The van der Waals surface area contributed by atoms with Gasteiger partial charge in [-0.2, -0.15) is 0 Å². The average Bonchev–Trinajstić information content (AvgIpc) is 2.77. The number of aliphatic carboxylic acids is 1. The van der Waals surface area contributed by atoms with E-state index in [0.717, 1.165) is 32.2 Å². The molecule has 0 radical (unpaired) electrons. The van der Waals surface area contributed by atoms with Crippen LogP contribution in [0.1, 0.15) is 39.0 Å². The molecule has 0 aromatic rings. The van der Waals surface area contributed by atoms with E-state index >= 15 is 0 Å². The van der Waals surface area contributed by atoms with Crippen LogP contribution in [0.2, 0.25) is 0 Å². The molecule has 1 saturated heterocycles. The molecule has 2 fully saturated rings. The van der Waals surface area contributed by atoms with Crippen LogP contribution >= 0.6 is 0 Å². The third-order valence-corrected chi connectivity index (χ3v) is 4.16. The van der Waals surface area contributed by atoms with E-state index in [1.54, 1.807) is 0 Å². The van der Waals surface area contributed by atoms with Gasteiger partial charge in [-0.25, -0.2) is 0 Å². The van der Waals surface area contributed by atoms with Crippen molar-refractivity contribution in [2.24, 2.45) is 11.8 Å². The van der Waals surface area contributed by atoms with Gasteiger partial charge in [0.15, 0.2) is 0 Å². The molecule has 0 aromatic heterocycles. The van der Waals surface area contributed by atoms with Crippen molar-refractivity contribution in [2.75, 3.05) is 6.54 Å². The summed E-state index contributed by atoms with van der Waals surface area (Å²) >= 11 is 0. The summed E-state index contributed by atoms with van der Waals surface area (Å²) in [7, 11) is 0. The molecule has 3 N–H and O–H groups in total. The van der Waals surface area contributed by atoms with Crippen LogP contribution in [-0.4, -0.2) is 35.6 Å². The molecule has 4 unspecified atom stereocenters. The standard InChI is InChI=1S/C13H22N2O3/c1-8-7-9(5-6-14-8)12(16)15-11-4-2-3-10(11)13(17)18/h8-11,14H,2-7H2,1H3,(H,15,16)(H,17,18). The quantitative estimate of drug-likeness (QED) is 0.694. The minimum absolute atomic E-state index is 0.0382. The summed E-state index contributed by atoms with van der Waals surface area (Å²) in [5, 5.41) is 15.4. The molecule has 1 heterocycles. The van der Waals surface area contributed by atoms with E-state index in [4.69, 9.17) is 5.11 Å². The van der Waals surface area contributed by atoms with Crippen LogP contribution in [0.3, 0.4) is 0 Å². The summed E-state index contributed by atoms with van der Waals surface area (Å²) in [6, 6.07) is 0.202. The van der Waals surface area contributed by atoms with Crippen LogP contribution < -0.4 is 10.6 Å². The number of carboxylic acid groups (broad SMARTS) is 1. The summed E-state index contributed by atoms with van der Waals surface area (Å²) in [4.78, 5) is 23.2. The molecule has 4 atom stereocenters. The molecule has 1 amide bonds. The Morgan fingerprint density at radius 3 is 2.72 bits per heavy atom. The summed E-state index contributed by atoms with van der Waals surface area (Å²) in [6.45, 7) is 2.95. The maximum atomic E-state index is 12.1. The maximum Gasteiger partial charge on any atom is 0.308 e. The van der Waals surface area contributed by atoms with Gasteiger partial charge < -0.3 is 15.7 Å². The van der Waals surface area contributed by atoms with Gasteiger partial charge in [0.1, 0.15) is 0 Å². The predicted molar refractivity (Wildman–Crippen MR) is 67.1 cm³/mol. The highest BCUT2D eigenvalue weighted by Gasteiger charge is 2.35. The van der Waals surface area contributed by atoms with Crippen LogP contribution in [0.4, 0.5) is 0 Å². The summed E-state index contributed by atoms with van der Waals surface area (Å²) in [6.07, 6.45) is 4.06. The second-order valence-electron chi connectivity index (χ2n) is 5.57. The molecule has 2 rings (SSSR count). The molecule has 0 bridgehead atoms. The fourth-order valence-corrected chi connectivity index (χ4v) is 3.10. The second kappa shape index (κ2) is 5.69. The number of amides is 1. The number of piperidine rings is 1. The highest BCUT2D eigenvalue weighted by atomic mass is 16.4. The van der Waals surface area contributed by atoms with E-state index in [9.17, 15) is 9.59 Å². The number of nitrogens with one attached hydrogen (secondary N) is 2. The first-order valence-corrected chi connectivity index (χ1v) is 6.84. The lowest BCUT2D eigenvalue weighted by Gasteiger charge is -2.28. The fourth-order valence-electron chi connectivity index (χ4n) is 3.10. The first kappa shape index (κ1) is 13.3. The Morgan fingerprint density at radius 1 is 1.28 bits per heavy atom. The van der Waals surface area contributed by atoms with Crippen molar-refractivity contribution < 1.29 is 14.7 Å². The molecular formula is C13H22N2O3. The topological polar surface area (TPSA) is 78.4 Å². The van der Waals surface area contributed by atoms with E-state index in [1.165, 1.54) is 0 Å². The first-order chi connectivity index (χ1) is 8.58. The van der Waals surface area contributed by atoms with Crippen LogP contribution in [0, 0.1) is 11.8 Å². The van der Waals surface area contributed by atoms with Crippen molar-refractivity contribution >= 4 is 11.9 Å². The molecule has 18 heavy (non-hydrogen) atoms. The number of carbonyl (C=O) groups is 2. The minimum atomic E-state index is -0.781. The predicted octanol–water partition coefficient (Wildman–Crippen LogP) is 0.744. The Balaban J connectivity index is 1.88. The third kappa shape index (κ3) is 3.02. The Kier molecular flexibility index (Phi) is 4.22. The Labute approximate surface area is 107 Å². The molecule has 5 heteroatoms. The lowest BCUT2D eigenvalue weighted by molar-refractivity contribution is -0.142. The zero-order valence-corrected chi connectivity index (χ0v) is 10.8. The van der Waals surface area contributed by atoms with E-state index in [1.807, 2.05) is 0 Å². The third-order valence-electron chi connectivity index (χ3n) is 4.16. The molecule has 1 saturated carbocycles. The van der Waals surface area contributed by atoms with Gasteiger partial charge in [-0.05, 0) is 39.2 Å². The van der Waals surface area contributed by atoms with E-state index < -0.39 is 11.9 Å². The van der Waals surface area contributed by atoms with Crippen molar-refractivity contribution in [3.05, 3.63) is 0 Å². The van der Waals surface area contributed by atoms with Gasteiger partial charge in [0.2, 0.25) is 5.91 Å². The monoisotopic (exact) mass is 254 g/mol. The molecule has 5 nitrogen and oxygen atoms in total. The Morgan fingerprint density at radius 2 is 2.06 bits per heavy atom. The van der Waals surface area contributed by atoms with Crippen molar-refractivity contribution in [2.45, 2.75) is 51.1 Å². The number of rotatable bonds is 3. The van der Waals surface area contributed by atoms with Gasteiger partial charge in [0.05, 0.1) is 5.92 Å². The summed E-state index contributed by atoms with van der Waals surface area (Å²) in [5.41, 5.74) is 0. The zero-order chi connectivity index (χ0) is 13.1. The lowest BCUT2D eigenvalue weighted by Crippen LogP contribution is -2.47. The molecule has 1 aliphatic heterocycles. The highest BCUT2D eigenvalue weighted by molar-refractivity contribution is 5.80. The number of carboxylic acids is 1.